The lowest BCUT2D eigenvalue weighted by Gasteiger charge is -2.29. The van der Waals surface area contributed by atoms with Crippen molar-refractivity contribution in [3.8, 4) is 29.0 Å². The van der Waals surface area contributed by atoms with Crippen molar-refractivity contribution in [3.05, 3.63) is 42.0 Å². The lowest BCUT2D eigenvalue weighted by Crippen LogP contribution is -2.42. The third kappa shape index (κ3) is 3.31. The van der Waals surface area contributed by atoms with Crippen molar-refractivity contribution in [2.45, 2.75) is 43.9 Å². The van der Waals surface area contributed by atoms with Crippen molar-refractivity contribution in [1.82, 2.24) is 10.3 Å². The number of nitriles is 1. The molecule has 2 bridgehead atoms. The SMILES string of the molecule is COc1ccccc1-c1cc(C#N)cc(OC2C[C@H]3CC[C@@H](C2)N3)n1. The molecular formula is C20H21N3O2. The van der Waals surface area contributed by atoms with Gasteiger partial charge in [-0.05, 0) is 43.9 Å². The number of hydrogen-bond donors (Lipinski definition) is 1. The molecule has 2 aliphatic rings. The monoisotopic (exact) mass is 335 g/mol. The van der Waals surface area contributed by atoms with Crippen LogP contribution in [0.3, 0.4) is 0 Å². The molecule has 0 amide bonds. The molecule has 5 nitrogen and oxygen atoms in total. The molecule has 2 saturated heterocycles. The number of piperidine rings is 1. The first-order chi connectivity index (χ1) is 12.2. The lowest BCUT2D eigenvalue weighted by molar-refractivity contribution is 0.132. The highest BCUT2D eigenvalue weighted by Crippen LogP contribution is 2.32. The molecular weight excluding hydrogens is 314 g/mol. The Labute approximate surface area is 147 Å². The smallest absolute Gasteiger partial charge is 0.215 e. The molecule has 3 heterocycles. The van der Waals surface area contributed by atoms with Crippen molar-refractivity contribution in [3.63, 3.8) is 0 Å². The van der Waals surface area contributed by atoms with E-state index in [4.69, 9.17) is 9.47 Å². The molecule has 5 heteroatoms. The van der Waals surface area contributed by atoms with E-state index < -0.39 is 0 Å². The van der Waals surface area contributed by atoms with Gasteiger partial charge in [-0.15, -0.1) is 0 Å². The van der Waals surface area contributed by atoms with Crippen molar-refractivity contribution in [1.29, 1.82) is 5.26 Å². The molecule has 128 valence electrons. The van der Waals surface area contributed by atoms with Crippen LogP contribution < -0.4 is 14.8 Å². The highest BCUT2D eigenvalue weighted by atomic mass is 16.5. The maximum atomic E-state index is 9.39. The molecule has 0 saturated carbocycles. The normalized spacial score (nSPS) is 24.6. The van der Waals surface area contributed by atoms with E-state index >= 15 is 0 Å². The minimum atomic E-state index is 0.158. The van der Waals surface area contributed by atoms with Gasteiger partial charge < -0.3 is 14.8 Å². The van der Waals surface area contributed by atoms with E-state index in [0.717, 1.165) is 24.2 Å². The summed E-state index contributed by atoms with van der Waals surface area (Å²) in [6, 6.07) is 14.5. The van der Waals surface area contributed by atoms with E-state index in [1.54, 1.807) is 19.2 Å². The van der Waals surface area contributed by atoms with Gasteiger partial charge in [0.15, 0.2) is 0 Å². The van der Waals surface area contributed by atoms with Gasteiger partial charge in [0.25, 0.3) is 0 Å². The Kier molecular flexibility index (Phi) is 4.29. The fourth-order valence-electron chi connectivity index (χ4n) is 3.90. The number of nitrogens with one attached hydrogen (secondary N) is 1. The van der Waals surface area contributed by atoms with Gasteiger partial charge in [0.05, 0.1) is 24.4 Å². The Hall–Kier alpha value is -2.58. The first-order valence-corrected chi connectivity index (χ1v) is 8.73. The summed E-state index contributed by atoms with van der Waals surface area (Å²) in [7, 11) is 1.63. The summed E-state index contributed by atoms with van der Waals surface area (Å²) in [4.78, 5) is 4.65. The predicted octanol–water partition coefficient (Wildman–Crippen LogP) is 3.29. The van der Waals surface area contributed by atoms with Gasteiger partial charge in [0.2, 0.25) is 5.88 Å². The fraction of sp³-hybridized carbons (Fsp3) is 0.400. The summed E-state index contributed by atoms with van der Waals surface area (Å²) in [6.45, 7) is 0. The first kappa shape index (κ1) is 15.9. The highest BCUT2D eigenvalue weighted by Gasteiger charge is 2.34. The number of para-hydroxylation sites is 1. The lowest BCUT2D eigenvalue weighted by atomic mass is 10.0. The molecule has 2 aliphatic heterocycles. The first-order valence-electron chi connectivity index (χ1n) is 8.73. The number of benzene rings is 1. The van der Waals surface area contributed by atoms with E-state index in [2.05, 4.69) is 16.4 Å². The van der Waals surface area contributed by atoms with Crippen LogP contribution in [-0.4, -0.2) is 30.3 Å². The Morgan fingerprint density at radius 1 is 1.16 bits per heavy atom. The molecule has 4 rings (SSSR count). The molecule has 0 radical (unpaired) electrons. The minimum Gasteiger partial charge on any atom is -0.496 e. The van der Waals surface area contributed by atoms with Crippen LogP contribution in [0.15, 0.2) is 36.4 Å². The Bertz CT molecular complexity index is 803. The van der Waals surface area contributed by atoms with E-state index in [1.165, 1.54) is 12.8 Å². The number of hydrogen-bond acceptors (Lipinski definition) is 5. The number of rotatable bonds is 4. The van der Waals surface area contributed by atoms with Crippen molar-refractivity contribution in [2.75, 3.05) is 7.11 Å². The molecule has 1 aromatic heterocycles. The largest absolute Gasteiger partial charge is 0.496 e. The molecule has 1 N–H and O–H groups in total. The van der Waals surface area contributed by atoms with Gasteiger partial charge in [-0.2, -0.15) is 5.26 Å². The Morgan fingerprint density at radius 2 is 1.92 bits per heavy atom. The third-order valence-electron chi connectivity index (χ3n) is 5.03. The number of methoxy groups -OCH3 is 1. The van der Waals surface area contributed by atoms with Gasteiger partial charge in [0, 0.05) is 23.7 Å². The zero-order valence-corrected chi connectivity index (χ0v) is 14.2. The van der Waals surface area contributed by atoms with E-state index in [-0.39, 0.29) is 6.10 Å². The van der Waals surface area contributed by atoms with Crippen molar-refractivity contribution < 1.29 is 9.47 Å². The van der Waals surface area contributed by atoms with Crippen LogP contribution in [0.4, 0.5) is 0 Å². The minimum absolute atomic E-state index is 0.158. The van der Waals surface area contributed by atoms with Crippen LogP contribution in [0.25, 0.3) is 11.3 Å². The second-order valence-electron chi connectivity index (χ2n) is 6.74. The summed E-state index contributed by atoms with van der Waals surface area (Å²) in [6.07, 6.45) is 4.61. The summed E-state index contributed by atoms with van der Waals surface area (Å²) < 4.78 is 11.6. The van der Waals surface area contributed by atoms with Crippen LogP contribution in [0.1, 0.15) is 31.2 Å². The van der Waals surface area contributed by atoms with Gasteiger partial charge in [-0.25, -0.2) is 4.98 Å². The van der Waals surface area contributed by atoms with Crippen LogP contribution >= 0.6 is 0 Å². The van der Waals surface area contributed by atoms with E-state index in [0.29, 0.717) is 29.2 Å². The number of aromatic nitrogens is 1. The Balaban J connectivity index is 1.63. The van der Waals surface area contributed by atoms with Crippen LogP contribution in [-0.2, 0) is 0 Å². The maximum absolute atomic E-state index is 9.39. The highest BCUT2D eigenvalue weighted by molar-refractivity contribution is 5.68. The zero-order chi connectivity index (χ0) is 17.2. The van der Waals surface area contributed by atoms with E-state index in [9.17, 15) is 5.26 Å². The quantitative estimate of drug-likeness (QED) is 0.928. The molecule has 1 aromatic carbocycles. The molecule has 2 fully saturated rings. The molecule has 0 aliphatic carbocycles. The molecule has 25 heavy (non-hydrogen) atoms. The van der Waals surface area contributed by atoms with Gasteiger partial charge >= 0.3 is 0 Å². The fourth-order valence-corrected chi connectivity index (χ4v) is 3.90. The molecule has 1 unspecified atom stereocenters. The van der Waals surface area contributed by atoms with Crippen LogP contribution in [0.2, 0.25) is 0 Å². The number of fused-ring (bicyclic) bond motifs is 2. The maximum Gasteiger partial charge on any atom is 0.215 e. The second kappa shape index (κ2) is 6.73. The molecule has 2 aromatic rings. The Morgan fingerprint density at radius 3 is 2.64 bits per heavy atom. The average Bonchev–Trinajstić information content (AvgIpc) is 2.99. The number of pyridine rings is 1. The van der Waals surface area contributed by atoms with Crippen molar-refractivity contribution in [2.24, 2.45) is 0 Å². The van der Waals surface area contributed by atoms with E-state index in [1.807, 2.05) is 24.3 Å². The molecule has 0 spiro atoms. The van der Waals surface area contributed by atoms with Gasteiger partial charge in [-0.1, -0.05) is 12.1 Å². The zero-order valence-electron chi connectivity index (χ0n) is 14.2. The number of ether oxygens (including phenoxy) is 2. The standard InChI is InChI=1S/C20H21N3O2/c1-24-19-5-3-2-4-17(19)18-8-13(12-21)9-20(23-18)25-16-10-14-6-7-15(11-16)22-14/h2-5,8-9,14-16,22H,6-7,10-11H2,1H3/t14-,15+,16?. The van der Waals surface area contributed by atoms with Gasteiger partial charge in [-0.3, -0.25) is 0 Å². The topological polar surface area (TPSA) is 67.2 Å². The summed E-state index contributed by atoms with van der Waals surface area (Å²) in [5.74, 6) is 1.25. The predicted molar refractivity (Wildman–Crippen MR) is 94.5 cm³/mol. The third-order valence-corrected chi connectivity index (χ3v) is 5.03. The summed E-state index contributed by atoms with van der Waals surface area (Å²) in [5, 5.41) is 13.0. The summed E-state index contributed by atoms with van der Waals surface area (Å²) >= 11 is 0. The van der Waals surface area contributed by atoms with Crippen LogP contribution in [0.5, 0.6) is 11.6 Å². The summed E-state index contributed by atoms with van der Waals surface area (Å²) in [5.41, 5.74) is 2.10. The van der Waals surface area contributed by atoms with Crippen molar-refractivity contribution >= 4 is 0 Å². The number of nitrogens with zero attached hydrogens (tertiary/aromatic N) is 2. The van der Waals surface area contributed by atoms with Crippen LogP contribution in [0, 0.1) is 11.3 Å². The second-order valence-corrected chi connectivity index (χ2v) is 6.74. The molecule has 3 atom stereocenters. The average molecular weight is 335 g/mol. The van der Waals surface area contributed by atoms with Gasteiger partial charge in [0.1, 0.15) is 11.9 Å².